The summed E-state index contributed by atoms with van der Waals surface area (Å²) in [4.78, 5) is 30.3. The fourth-order valence-electron chi connectivity index (χ4n) is 3.81. The van der Waals surface area contributed by atoms with E-state index in [0.717, 1.165) is 29.5 Å². The monoisotopic (exact) mass is 446 g/mol. The van der Waals surface area contributed by atoms with Gasteiger partial charge in [0.2, 0.25) is 0 Å². The van der Waals surface area contributed by atoms with E-state index in [-0.39, 0.29) is 11.8 Å². The number of aryl methyl sites for hydroxylation is 2. The van der Waals surface area contributed by atoms with Crippen LogP contribution >= 0.6 is 0 Å². The van der Waals surface area contributed by atoms with Crippen LogP contribution in [-0.2, 0) is 23.8 Å². The van der Waals surface area contributed by atoms with E-state index in [1.807, 2.05) is 36.9 Å². The van der Waals surface area contributed by atoms with Gasteiger partial charge in [-0.25, -0.2) is 0 Å². The molecule has 0 radical (unpaired) electrons. The van der Waals surface area contributed by atoms with E-state index >= 15 is 0 Å². The summed E-state index contributed by atoms with van der Waals surface area (Å²) in [6.07, 6.45) is 2.71. The second-order valence-electron chi connectivity index (χ2n) is 8.10. The zero-order chi connectivity index (χ0) is 23.5. The van der Waals surface area contributed by atoms with Crippen LogP contribution in [0, 0.1) is 13.8 Å². The van der Waals surface area contributed by atoms with Crippen molar-refractivity contribution in [2.75, 3.05) is 60.3 Å². The third-order valence-electron chi connectivity index (χ3n) is 5.55. The number of methoxy groups -OCH3 is 2. The summed E-state index contributed by atoms with van der Waals surface area (Å²) in [6.45, 7) is 9.56. The van der Waals surface area contributed by atoms with E-state index in [4.69, 9.17) is 14.2 Å². The minimum absolute atomic E-state index is 0.245. The van der Waals surface area contributed by atoms with Gasteiger partial charge in [-0.2, -0.15) is 0 Å². The lowest BCUT2D eigenvalue weighted by Gasteiger charge is -2.26. The maximum atomic E-state index is 13.5. The number of amides is 2. The zero-order valence-electron chi connectivity index (χ0n) is 20.2. The van der Waals surface area contributed by atoms with Crippen LogP contribution in [0.15, 0.2) is 23.9 Å². The predicted octanol–water partition coefficient (Wildman–Crippen LogP) is 3.18. The smallest absolute Gasteiger partial charge is 0.277 e. The predicted molar refractivity (Wildman–Crippen MR) is 125 cm³/mol. The third kappa shape index (κ3) is 6.64. The molecule has 2 rings (SSSR count). The first kappa shape index (κ1) is 26.0. The van der Waals surface area contributed by atoms with Crippen LogP contribution < -0.4 is 0 Å². The Morgan fingerprint density at radius 1 is 0.906 bits per heavy atom. The third-order valence-corrected chi connectivity index (χ3v) is 5.55. The lowest BCUT2D eigenvalue weighted by Crippen LogP contribution is -2.38. The molecule has 1 aliphatic rings. The van der Waals surface area contributed by atoms with Gasteiger partial charge in [0.05, 0.1) is 18.8 Å². The number of rotatable bonds is 15. The van der Waals surface area contributed by atoms with Crippen molar-refractivity contribution in [2.45, 2.75) is 40.0 Å². The van der Waals surface area contributed by atoms with Gasteiger partial charge in [0.25, 0.3) is 11.8 Å². The Labute approximate surface area is 192 Å². The number of carbonyl (C=O) groups is 2. The standard InChI is InChI=1S/C25H38N2O5/c1-6-7-14-32-15-8-11-27-24(28)22(21-10-9-19(2)18-20(21)3)23(25(27)29)26(12-16-30-4)13-17-31-5/h9-10,18H,6-8,11-17H2,1-5H3. The molecule has 1 aliphatic heterocycles. The van der Waals surface area contributed by atoms with Crippen molar-refractivity contribution in [3.05, 3.63) is 40.6 Å². The summed E-state index contributed by atoms with van der Waals surface area (Å²) in [7, 11) is 3.25. The number of hydrogen-bond acceptors (Lipinski definition) is 6. The van der Waals surface area contributed by atoms with E-state index in [9.17, 15) is 9.59 Å². The molecule has 0 N–H and O–H groups in total. The van der Waals surface area contributed by atoms with Gasteiger partial charge >= 0.3 is 0 Å². The molecule has 0 saturated heterocycles. The number of carbonyl (C=O) groups excluding carboxylic acids is 2. The molecule has 178 valence electrons. The van der Waals surface area contributed by atoms with Crippen molar-refractivity contribution in [3.8, 4) is 0 Å². The first-order valence-corrected chi connectivity index (χ1v) is 11.4. The van der Waals surface area contributed by atoms with E-state index in [2.05, 4.69) is 6.92 Å². The average molecular weight is 447 g/mol. The molecule has 0 atom stereocenters. The molecule has 0 bridgehead atoms. The summed E-state index contributed by atoms with van der Waals surface area (Å²) < 4.78 is 16.1. The molecular weight excluding hydrogens is 408 g/mol. The Kier molecular flexibility index (Phi) is 10.9. The Morgan fingerprint density at radius 2 is 1.56 bits per heavy atom. The summed E-state index contributed by atoms with van der Waals surface area (Å²) in [5.74, 6) is -0.504. The highest BCUT2D eigenvalue weighted by molar-refractivity contribution is 6.35. The fraction of sp³-hybridized carbons (Fsp3) is 0.600. The molecule has 32 heavy (non-hydrogen) atoms. The van der Waals surface area contributed by atoms with E-state index < -0.39 is 0 Å². The van der Waals surface area contributed by atoms with Gasteiger partial charge < -0.3 is 19.1 Å². The van der Waals surface area contributed by atoms with Gasteiger partial charge in [0.15, 0.2) is 0 Å². The van der Waals surface area contributed by atoms with Gasteiger partial charge in [0, 0.05) is 47.1 Å². The first-order chi connectivity index (χ1) is 15.5. The van der Waals surface area contributed by atoms with Crippen molar-refractivity contribution >= 4 is 17.4 Å². The van der Waals surface area contributed by atoms with Crippen LogP contribution in [0.25, 0.3) is 5.57 Å². The van der Waals surface area contributed by atoms with Crippen molar-refractivity contribution < 1.29 is 23.8 Å². The molecule has 7 nitrogen and oxygen atoms in total. The minimum atomic E-state index is -0.259. The van der Waals surface area contributed by atoms with Crippen LogP contribution in [0.4, 0.5) is 0 Å². The Morgan fingerprint density at radius 3 is 2.16 bits per heavy atom. The average Bonchev–Trinajstić information content (AvgIpc) is 3.01. The van der Waals surface area contributed by atoms with Gasteiger partial charge in [-0.05, 0) is 37.8 Å². The molecule has 2 amide bonds. The van der Waals surface area contributed by atoms with E-state index in [1.165, 1.54) is 4.90 Å². The molecule has 0 unspecified atom stereocenters. The van der Waals surface area contributed by atoms with Crippen LogP contribution in [0.3, 0.4) is 0 Å². The number of benzene rings is 1. The minimum Gasteiger partial charge on any atom is -0.383 e. The quantitative estimate of drug-likeness (QED) is 0.304. The Balaban J connectivity index is 2.35. The summed E-state index contributed by atoms with van der Waals surface area (Å²) in [5, 5.41) is 0. The molecule has 0 aromatic heterocycles. The van der Waals surface area contributed by atoms with Crippen LogP contribution in [0.5, 0.6) is 0 Å². The molecule has 0 aliphatic carbocycles. The van der Waals surface area contributed by atoms with Gasteiger partial charge in [-0.15, -0.1) is 0 Å². The number of hydrogen-bond donors (Lipinski definition) is 0. The number of ether oxygens (including phenoxy) is 3. The topological polar surface area (TPSA) is 68.3 Å². The molecule has 0 spiro atoms. The maximum absolute atomic E-state index is 13.5. The lowest BCUT2D eigenvalue weighted by molar-refractivity contribution is -0.137. The van der Waals surface area contributed by atoms with Crippen molar-refractivity contribution in [2.24, 2.45) is 0 Å². The Hall–Kier alpha value is -2.22. The van der Waals surface area contributed by atoms with Gasteiger partial charge in [-0.1, -0.05) is 37.1 Å². The molecule has 1 heterocycles. The normalized spacial score (nSPS) is 14.1. The number of nitrogens with zero attached hydrogens (tertiary/aromatic N) is 2. The molecule has 0 saturated carbocycles. The first-order valence-electron chi connectivity index (χ1n) is 11.4. The number of imide groups is 1. The van der Waals surface area contributed by atoms with Crippen LogP contribution in [-0.4, -0.2) is 81.9 Å². The maximum Gasteiger partial charge on any atom is 0.277 e. The molecular formula is C25H38N2O5. The highest BCUT2D eigenvalue weighted by atomic mass is 16.5. The molecule has 1 aromatic carbocycles. The second-order valence-corrected chi connectivity index (χ2v) is 8.10. The highest BCUT2D eigenvalue weighted by Gasteiger charge is 2.41. The highest BCUT2D eigenvalue weighted by Crippen LogP contribution is 2.33. The van der Waals surface area contributed by atoms with E-state index in [1.54, 1.807) is 14.2 Å². The summed E-state index contributed by atoms with van der Waals surface area (Å²) in [6, 6.07) is 5.95. The van der Waals surface area contributed by atoms with Crippen molar-refractivity contribution in [1.82, 2.24) is 9.80 Å². The largest absolute Gasteiger partial charge is 0.383 e. The number of unbranched alkanes of at least 4 members (excludes halogenated alkanes) is 1. The van der Waals surface area contributed by atoms with Gasteiger partial charge in [0.1, 0.15) is 5.70 Å². The Bertz CT molecular complexity index is 798. The molecule has 7 heteroatoms. The lowest BCUT2D eigenvalue weighted by atomic mass is 9.97. The second kappa shape index (κ2) is 13.4. The van der Waals surface area contributed by atoms with Crippen LogP contribution in [0.1, 0.15) is 42.9 Å². The molecule has 1 aromatic rings. The summed E-state index contributed by atoms with van der Waals surface area (Å²) in [5.41, 5.74) is 3.78. The van der Waals surface area contributed by atoms with Crippen molar-refractivity contribution in [3.63, 3.8) is 0 Å². The zero-order valence-corrected chi connectivity index (χ0v) is 20.2. The van der Waals surface area contributed by atoms with Crippen molar-refractivity contribution in [1.29, 1.82) is 0 Å². The fourth-order valence-corrected chi connectivity index (χ4v) is 3.81. The SMILES string of the molecule is CCCCOCCCN1C(=O)C(c2ccc(C)cc2C)=C(N(CCOC)CCOC)C1=O. The van der Waals surface area contributed by atoms with E-state index in [0.29, 0.717) is 63.8 Å². The molecule has 0 fully saturated rings. The summed E-state index contributed by atoms with van der Waals surface area (Å²) >= 11 is 0. The van der Waals surface area contributed by atoms with Crippen LogP contribution in [0.2, 0.25) is 0 Å². The van der Waals surface area contributed by atoms with Gasteiger partial charge in [-0.3, -0.25) is 14.5 Å².